The molecule has 1 aliphatic heterocycles. The monoisotopic (exact) mass is 164 g/mol. The average molecular weight is 164 g/mol. The van der Waals surface area contributed by atoms with Crippen molar-refractivity contribution < 1.29 is 0 Å². The van der Waals surface area contributed by atoms with Crippen molar-refractivity contribution >= 4 is 18.8 Å². The van der Waals surface area contributed by atoms with Gasteiger partial charge in [-0.2, -0.15) is 5.10 Å². The minimum absolute atomic E-state index is 0.0381. The molecular formula is C8H8N2S. The summed E-state index contributed by atoms with van der Waals surface area (Å²) in [6.07, 6.45) is 1.81. The SMILES string of the molecule is SC1NN=Cc2ccccc21. The van der Waals surface area contributed by atoms with E-state index >= 15 is 0 Å². The number of fused-ring (bicyclic) bond motifs is 1. The molecule has 0 fully saturated rings. The number of thiol groups is 1. The Bertz CT molecular complexity index is 296. The fraction of sp³-hybridized carbons (Fsp3) is 0.125. The minimum atomic E-state index is 0.0381. The van der Waals surface area contributed by atoms with Crippen molar-refractivity contribution in [1.29, 1.82) is 0 Å². The standard InChI is InChI=1S/C8H8N2S/c11-8-7-4-2-1-3-6(7)5-9-10-8/h1-5,8,10-11H. The van der Waals surface area contributed by atoms with Gasteiger partial charge in [0.1, 0.15) is 5.37 Å². The van der Waals surface area contributed by atoms with Crippen molar-refractivity contribution in [3.63, 3.8) is 0 Å². The summed E-state index contributed by atoms with van der Waals surface area (Å²) in [7, 11) is 0. The first-order valence-corrected chi connectivity index (χ1v) is 3.95. The van der Waals surface area contributed by atoms with Gasteiger partial charge in [-0.3, -0.25) is 5.43 Å². The van der Waals surface area contributed by atoms with Crippen LogP contribution in [0.2, 0.25) is 0 Å². The van der Waals surface area contributed by atoms with Gasteiger partial charge in [-0.1, -0.05) is 24.3 Å². The van der Waals surface area contributed by atoms with Crippen molar-refractivity contribution in [3.05, 3.63) is 35.4 Å². The molecule has 0 saturated carbocycles. The van der Waals surface area contributed by atoms with Gasteiger partial charge in [-0.25, -0.2) is 0 Å². The Labute approximate surface area is 70.7 Å². The molecule has 0 aromatic heterocycles. The van der Waals surface area contributed by atoms with Gasteiger partial charge in [0.25, 0.3) is 0 Å². The zero-order valence-electron chi connectivity index (χ0n) is 5.86. The van der Waals surface area contributed by atoms with Gasteiger partial charge in [0.05, 0.1) is 6.21 Å². The molecule has 1 aromatic carbocycles. The van der Waals surface area contributed by atoms with E-state index in [0.717, 1.165) is 5.56 Å². The minimum Gasteiger partial charge on any atom is -0.293 e. The number of hydrogen-bond acceptors (Lipinski definition) is 3. The fourth-order valence-electron chi connectivity index (χ4n) is 1.12. The van der Waals surface area contributed by atoms with Crippen LogP contribution in [0.3, 0.4) is 0 Å². The highest BCUT2D eigenvalue weighted by Crippen LogP contribution is 2.22. The van der Waals surface area contributed by atoms with E-state index in [1.165, 1.54) is 5.56 Å². The Kier molecular flexibility index (Phi) is 1.58. The lowest BCUT2D eigenvalue weighted by atomic mass is 10.1. The van der Waals surface area contributed by atoms with Crippen LogP contribution in [0.1, 0.15) is 16.5 Å². The van der Waals surface area contributed by atoms with Crippen LogP contribution in [0.25, 0.3) is 0 Å². The topological polar surface area (TPSA) is 24.4 Å². The molecule has 1 aromatic rings. The van der Waals surface area contributed by atoms with Crippen LogP contribution in [0.5, 0.6) is 0 Å². The van der Waals surface area contributed by atoms with E-state index in [1.807, 2.05) is 30.5 Å². The Morgan fingerprint density at radius 2 is 2.18 bits per heavy atom. The summed E-state index contributed by atoms with van der Waals surface area (Å²) in [4.78, 5) is 0. The molecule has 0 radical (unpaired) electrons. The van der Waals surface area contributed by atoms with E-state index in [2.05, 4.69) is 23.2 Å². The number of nitrogens with zero attached hydrogens (tertiary/aromatic N) is 1. The summed E-state index contributed by atoms with van der Waals surface area (Å²) < 4.78 is 0. The molecule has 1 heterocycles. The third kappa shape index (κ3) is 1.12. The van der Waals surface area contributed by atoms with Crippen molar-refractivity contribution in [2.24, 2.45) is 5.10 Å². The van der Waals surface area contributed by atoms with Crippen molar-refractivity contribution in [2.75, 3.05) is 0 Å². The predicted molar refractivity (Wildman–Crippen MR) is 48.9 cm³/mol. The third-order valence-electron chi connectivity index (χ3n) is 1.69. The van der Waals surface area contributed by atoms with E-state index in [-0.39, 0.29) is 5.37 Å². The maximum absolute atomic E-state index is 4.32. The molecule has 2 nitrogen and oxygen atoms in total. The number of benzene rings is 1. The zero-order valence-corrected chi connectivity index (χ0v) is 6.75. The predicted octanol–water partition coefficient (Wildman–Crippen LogP) is 1.55. The van der Waals surface area contributed by atoms with Gasteiger partial charge in [0.15, 0.2) is 0 Å². The highest BCUT2D eigenvalue weighted by Gasteiger charge is 2.11. The second-order valence-corrected chi connectivity index (χ2v) is 2.94. The van der Waals surface area contributed by atoms with Crippen LogP contribution in [0, 0.1) is 0 Å². The Morgan fingerprint density at radius 3 is 3.00 bits per heavy atom. The van der Waals surface area contributed by atoms with E-state index < -0.39 is 0 Å². The van der Waals surface area contributed by atoms with Gasteiger partial charge in [0.2, 0.25) is 0 Å². The summed E-state index contributed by atoms with van der Waals surface area (Å²) in [5.41, 5.74) is 5.20. The second kappa shape index (κ2) is 2.58. The summed E-state index contributed by atoms with van der Waals surface area (Å²) in [5, 5.41) is 3.99. The van der Waals surface area contributed by atoms with E-state index in [4.69, 9.17) is 0 Å². The lowest BCUT2D eigenvalue weighted by molar-refractivity contribution is 0.721. The fourth-order valence-corrected chi connectivity index (χ4v) is 1.43. The van der Waals surface area contributed by atoms with Crippen LogP contribution in [0.4, 0.5) is 0 Å². The first kappa shape index (κ1) is 6.73. The Morgan fingerprint density at radius 1 is 1.36 bits per heavy atom. The highest BCUT2D eigenvalue weighted by atomic mass is 32.1. The third-order valence-corrected chi connectivity index (χ3v) is 2.08. The molecule has 0 aliphatic carbocycles. The van der Waals surface area contributed by atoms with E-state index in [1.54, 1.807) is 0 Å². The molecule has 1 aliphatic rings. The molecule has 0 bridgehead atoms. The van der Waals surface area contributed by atoms with Crippen LogP contribution in [-0.4, -0.2) is 6.21 Å². The molecule has 1 unspecified atom stereocenters. The van der Waals surface area contributed by atoms with E-state index in [0.29, 0.717) is 0 Å². The Hall–Kier alpha value is -0.960. The van der Waals surface area contributed by atoms with Crippen molar-refractivity contribution in [3.8, 4) is 0 Å². The normalized spacial score (nSPS) is 20.6. The zero-order chi connectivity index (χ0) is 7.68. The summed E-state index contributed by atoms with van der Waals surface area (Å²) in [6.45, 7) is 0. The lowest BCUT2D eigenvalue weighted by Gasteiger charge is -2.17. The average Bonchev–Trinajstić information content (AvgIpc) is 2.06. The van der Waals surface area contributed by atoms with Gasteiger partial charge >= 0.3 is 0 Å². The lowest BCUT2D eigenvalue weighted by Crippen LogP contribution is -2.16. The maximum Gasteiger partial charge on any atom is 0.112 e. The van der Waals surface area contributed by atoms with Gasteiger partial charge in [0, 0.05) is 5.56 Å². The summed E-state index contributed by atoms with van der Waals surface area (Å²) in [6, 6.07) is 8.08. The molecule has 2 rings (SSSR count). The largest absolute Gasteiger partial charge is 0.293 e. The molecule has 0 spiro atoms. The van der Waals surface area contributed by atoms with Crippen LogP contribution < -0.4 is 5.43 Å². The summed E-state index contributed by atoms with van der Waals surface area (Å²) >= 11 is 4.32. The quantitative estimate of drug-likeness (QED) is 0.559. The first-order chi connectivity index (χ1) is 5.38. The van der Waals surface area contributed by atoms with Crippen molar-refractivity contribution in [2.45, 2.75) is 5.37 Å². The van der Waals surface area contributed by atoms with Crippen molar-refractivity contribution in [1.82, 2.24) is 5.43 Å². The highest BCUT2D eigenvalue weighted by molar-refractivity contribution is 7.80. The molecule has 1 atom stereocenters. The number of nitrogens with one attached hydrogen (secondary N) is 1. The number of rotatable bonds is 0. The molecule has 56 valence electrons. The molecule has 11 heavy (non-hydrogen) atoms. The van der Waals surface area contributed by atoms with Gasteiger partial charge in [-0.15, -0.1) is 12.6 Å². The van der Waals surface area contributed by atoms with E-state index in [9.17, 15) is 0 Å². The second-order valence-electron chi connectivity index (χ2n) is 2.42. The van der Waals surface area contributed by atoms with Crippen LogP contribution in [0.15, 0.2) is 29.4 Å². The number of hydrazone groups is 1. The van der Waals surface area contributed by atoms with Crippen LogP contribution in [-0.2, 0) is 0 Å². The molecule has 3 heteroatoms. The van der Waals surface area contributed by atoms with Gasteiger partial charge < -0.3 is 0 Å². The first-order valence-electron chi connectivity index (χ1n) is 3.43. The molecule has 0 amide bonds. The molecule has 0 saturated heterocycles. The van der Waals surface area contributed by atoms with Crippen LogP contribution >= 0.6 is 12.6 Å². The smallest absolute Gasteiger partial charge is 0.112 e. The summed E-state index contributed by atoms with van der Waals surface area (Å²) in [5.74, 6) is 0. The maximum atomic E-state index is 4.32. The Balaban J connectivity index is 2.54. The van der Waals surface area contributed by atoms with Gasteiger partial charge in [-0.05, 0) is 5.56 Å². The molecular weight excluding hydrogens is 156 g/mol. The number of hydrogen-bond donors (Lipinski definition) is 2. The molecule has 1 N–H and O–H groups in total.